The number of halogens is 1. The van der Waals surface area contributed by atoms with E-state index in [9.17, 15) is 22.8 Å². The summed E-state index contributed by atoms with van der Waals surface area (Å²) in [6, 6.07) is 19.3. The van der Waals surface area contributed by atoms with Crippen molar-refractivity contribution < 1.29 is 41.2 Å². The van der Waals surface area contributed by atoms with E-state index in [-0.39, 0.29) is 46.9 Å². The van der Waals surface area contributed by atoms with Crippen molar-refractivity contribution in [3.8, 4) is 0 Å². The maximum atomic E-state index is 12.4. The Morgan fingerprint density at radius 1 is 0.878 bits per heavy atom. The van der Waals surface area contributed by atoms with Crippen LogP contribution in [0.25, 0.3) is 0 Å². The van der Waals surface area contributed by atoms with E-state index in [1.54, 1.807) is 27.9 Å². The summed E-state index contributed by atoms with van der Waals surface area (Å²) >= 11 is 0. The molecule has 0 bridgehead atoms. The fourth-order valence-corrected chi connectivity index (χ4v) is 5.22. The first-order valence-electron chi connectivity index (χ1n) is 13.0. The number of Topliss-reactive ketones (excluding diaryl/α,β-unsaturated/α-hetero) is 2. The van der Waals surface area contributed by atoms with Gasteiger partial charge in [0.25, 0.3) is 10.1 Å². The van der Waals surface area contributed by atoms with E-state index in [2.05, 4.69) is 9.50 Å². The van der Waals surface area contributed by atoms with E-state index in [1.165, 1.54) is 14.0 Å². The number of benzene rings is 2. The molecule has 1 N–H and O–H groups in total. The summed E-state index contributed by atoms with van der Waals surface area (Å²) in [6.07, 6.45) is 0.923. The molecule has 2 rings (SSSR count). The van der Waals surface area contributed by atoms with E-state index < -0.39 is 21.3 Å². The maximum Gasteiger partial charge on any atom is 0.269 e. The van der Waals surface area contributed by atoms with Crippen molar-refractivity contribution in [2.75, 3.05) is 27.1 Å². The highest BCUT2D eigenvalue weighted by Gasteiger charge is 2.37. The van der Waals surface area contributed by atoms with Crippen LogP contribution in [0, 0.1) is 0 Å². The van der Waals surface area contributed by atoms with Crippen LogP contribution in [0.5, 0.6) is 0 Å². The minimum atomic E-state index is -3.72. The molecule has 0 aliphatic rings. The van der Waals surface area contributed by atoms with Gasteiger partial charge in [-0.3, -0.25) is 23.3 Å². The Kier molecular flexibility index (Phi) is 16.4. The van der Waals surface area contributed by atoms with Crippen LogP contribution in [0.1, 0.15) is 51.7 Å². The van der Waals surface area contributed by atoms with Crippen molar-refractivity contribution in [1.82, 2.24) is 5.32 Å². The minimum Gasteiger partial charge on any atom is -0.373 e. The number of nitrogens with one attached hydrogen (secondary N) is 1. The molecule has 0 spiro atoms. The van der Waals surface area contributed by atoms with Crippen molar-refractivity contribution in [2.24, 2.45) is 0 Å². The van der Waals surface area contributed by atoms with Crippen LogP contribution in [0.4, 0.5) is 4.70 Å². The maximum absolute atomic E-state index is 12.4. The second kappa shape index (κ2) is 17.7. The number of ketones is 2. The van der Waals surface area contributed by atoms with Gasteiger partial charge in [-0.2, -0.15) is 8.42 Å². The monoisotopic (exact) mass is 597 g/mol. The molecule has 1 amide bonds. The predicted molar refractivity (Wildman–Crippen MR) is 157 cm³/mol. The topological polar surface area (TPSA) is 125 Å². The third kappa shape index (κ3) is 14.0. The number of carbonyl (C=O) groups is 3. The molecule has 0 aliphatic heterocycles. The van der Waals surface area contributed by atoms with E-state index in [0.717, 1.165) is 18.2 Å². The average molecular weight is 598 g/mol. The standard InChI is InChI=1S/C19H29NO6S.C11H14O2.FH/c1-15(21)19(25-4,13-16-9-7-6-8-10-16)12-11-17(22)20-18(2,3)14-27(23,24)26-5;1-9(12)11(13-2)8-10-6-4-3-5-7-10;/h6-10H,11-14H2,1-5H3,(H,20,22);3-7,11H,8H2,1-2H3;1H. The zero-order chi connectivity index (χ0) is 30.4. The lowest BCUT2D eigenvalue weighted by Crippen LogP contribution is -2.49. The SMILES string of the molecule is COC(CCC(=O)NC(C)(C)CS(=O)(=O)OC)(Cc1ccccc1)C(C)=O.COC(Cc1ccccc1)C(C)=O.F. The van der Waals surface area contributed by atoms with Gasteiger partial charge in [0, 0.05) is 33.5 Å². The summed E-state index contributed by atoms with van der Waals surface area (Å²) in [4.78, 5) is 35.7. The summed E-state index contributed by atoms with van der Waals surface area (Å²) < 4.78 is 38.3. The lowest BCUT2D eigenvalue weighted by molar-refractivity contribution is -0.140. The Labute approximate surface area is 243 Å². The third-order valence-electron chi connectivity index (χ3n) is 6.39. The highest BCUT2D eigenvalue weighted by Crippen LogP contribution is 2.25. The summed E-state index contributed by atoms with van der Waals surface area (Å²) in [5.74, 6) is -0.801. The fourth-order valence-electron chi connectivity index (χ4n) is 4.15. The van der Waals surface area contributed by atoms with Crippen LogP contribution in [-0.4, -0.2) is 70.2 Å². The Balaban J connectivity index is 0.000000957. The number of carbonyl (C=O) groups excluding carboxylic acids is 3. The van der Waals surface area contributed by atoms with Crippen molar-refractivity contribution in [1.29, 1.82) is 0 Å². The predicted octanol–water partition coefficient (Wildman–Crippen LogP) is 3.84. The number of ether oxygens (including phenoxy) is 2. The summed E-state index contributed by atoms with van der Waals surface area (Å²) in [6.45, 7) is 6.19. The zero-order valence-corrected chi connectivity index (χ0v) is 25.8. The largest absolute Gasteiger partial charge is 0.373 e. The lowest BCUT2D eigenvalue weighted by Gasteiger charge is -2.31. The van der Waals surface area contributed by atoms with Gasteiger partial charge in [-0.05, 0) is 45.2 Å². The van der Waals surface area contributed by atoms with Gasteiger partial charge in [0.05, 0.1) is 18.4 Å². The summed E-state index contributed by atoms with van der Waals surface area (Å²) in [5.41, 5.74) is -0.0512. The number of methoxy groups -OCH3 is 2. The first-order chi connectivity index (χ1) is 18.7. The fraction of sp³-hybridized carbons (Fsp3) is 0.500. The molecule has 230 valence electrons. The highest BCUT2D eigenvalue weighted by molar-refractivity contribution is 7.86. The van der Waals surface area contributed by atoms with E-state index in [1.807, 2.05) is 60.7 Å². The molecule has 2 unspecified atom stereocenters. The first kappa shape index (κ1) is 38.0. The van der Waals surface area contributed by atoms with Crippen LogP contribution < -0.4 is 5.32 Å². The molecule has 2 aromatic carbocycles. The molecule has 0 aromatic heterocycles. The Morgan fingerprint density at radius 2 is 1.39 bits per heavy atom. The van der Waals surface area contributed by atoms with Crippen LogP contribution in [0.15, 0.2) is 60.7 Å². The quantitative estimate of drug-likeness (QED) is 0.307. The van der Waals surface area contributed by atoms with Crippen molar-refractivity contribution >= 4 is 27.6 Å². The molecule has 41 heavy (non-hydrogen) atoms. The molecular formula is C30H44FNO8S. The van der Waals surface area contributed by atoms with E-state index in [4.69, 9.17) is 9.47 Å². The Morgan fingerprint density at radius 3 is 1.80 bits per heavy atom. The van der Waals surface area contributed by atoms with E-state index >= 15 is 0 Å². The molecule has 0 aliphatic carbocycles. The third-order valence-corrected chi connectivity index (χ3v) is 7.98. The first-order valence-corrected chi connectivity index (χ1v) is 14.5. The van der Waals surface area contributed by atoms with Gasteiger partial charge in [0.2, 0.25) is 5.91 Å². The molecule has 0 heterocycles. The van der Waals surface area contributed by atoms with Crippen LogP contribution >= 0.6 is 0 Å². The van der Waals surface area contributed by atoms with Crippen molar-refractivity contribution in [3.05, 3.63) is 71.8 Å². The molecule has 0 radical (unpaired) electrons. The van der Waals surface area contributed by atoms with Crippen molar-refractivity contribution in [3.63, 3.8) is 0 Å². The normalized spacial score (nSPS) is 13.4. The molecule has 0 saturated heterocycles. The molecule has 11 heteroatoms. The molecule has 2 atom stereocenters. The highest BCUT2D eigenvalue weighted by atomic mass is 32.2. The average Bonchev–Trinajstić information content (AvgIpc) is 2.90. The molecule has 9 nitrogen and oxygen atoms in total. The molecule has 0 saturated carbocycles. The number of hydrogen-bond donors (Lipinski definition) is 1. The molecule has 0 fully saturated rings. The Bertz CT molecular complexity index is 1190. The van der Waals surface area contributed by atoms with Gasteiger partial charge in [-0.15, -0.1) is 0 Å². The summed E-state index contributed by atoms with van der Waals surface area (Å²) in [5, 5.41) is 2.68. The summed E-state index contributed by atoms with van der Waals surface area (Å²) in [7, 11) is 0.382. The van der Waals surface area contributed by atoms with Gasteiger partial charge in [-0.25, -0.2) is 0 Å². The van der Waals surface area contributed by atoms with Gasteiger partial charge < -0.3 is 14.8 Å². The number of rotatable bonds is 15. The van der Waals surface area contributed by atoms with Crippen LogP contribution in [0.2, 0.25) is 0 Å². The van der Waals surface area contributed by atoms with Crippen LogP contribution in [-0.2, 0) is 51.0 Å². The second-order valence-electron chi connectivity index (χ2n) is 10.2. The van der Waals surface area contributed by atoms with Gasteiger partial charge >= 0.3 is 0 Å². The van der Waals surface area contributed by atoms with Crippen LogP contribution in [0.3, 0.4) is 0 Å². The lowest BCUT2D eigenvalue weighted by atomic mass is 9.86. The van der Waals surface area contributed by atoms with Crippen molar-refractivity contribution in [2.45, 2.75) is 70.6 Å². The zero-order valence-electron chi connectivity index (χ0n) is 25.0. The molecular weight excluding hydrogens is 553 g/mol. The van der Waals surface area contributed by atoms with E-state index in [0.29, 0.717) is 12.8 Å². The van der Waals surface area contributed by atoms with Gasteiger partial charge in [0.1, 0.15) is 11.7 Å². The van der Waals surface area contributed by atoms with Gasteiger partial charge in [-0.1, -0.05) is 60.7 Å². The number of amides is 1. The second-order valence-corrected chi connectivity index (χ2v) is 12.0. The molecule has 2 aromatic rings. The Hall–Kier alpha value is -2.99. The minimum absolute atomic E-state index is 0. The smallest absolute Gasteiger partial charge is 0.269 e. The number of hydrogen-bond acceptors (Lipinski definition) is 8. The van der Waals surface area contributed by atoms with Gasteiger partial charge in [0.15, 0.2) is 11.6 Å².